The molecule has 1 fully saturated rings. The van der Waals surface area contributed by atoms with Crippen molar-refractivity contribution in [3.63, 3.8) is 0 Å². The van der Waals surface area contributed by atoms with Crippen LogP contribution in [0.2, 0.25) is 0 Å². The standard InChI is InChI=1S/C21H28O5/c1-6-18-17(21(23)25-7-2)12-16(13(3)4)19(26-18)14-8-10-15(11-9-14)20(22)24-5/h8-11,16-19H,3,6-7,12H2,1-2,4-5H3/t16-,17-,18+,19-/m0/s1. The van der Waals surface area contributed by atoms with Gasteiger partial charge in [-0.2, -0.15) is 0 Å². The Kier molecular flexibility index (Phi) is 6.98. The maximum atomic E-state index is 12.3. The number of hydrogen-bond donors (Lipinski definition) is 0. The summed E-state index contributed by atoms with van der Waals surface area (Å²) < 4.78 is 16.3. The molecule has 1 aromatic rings. The molecule has 1 saturated heterocycles. The lowest BCUT2D eigenvalue weighted by molar-refractivity contribution is -0.168. The molecule has 0 N–H and O–H groups in total. The van der Waals surface area contributed by atoms with Crippen LogP contribution in [0.5, 0.6) is 0 Å². The number of esters is 2. The summed E-state index contributed by atoms with van der Waals surface area (Å²) in [6, 6.07) is 7.23. The van der Waals surface area contributed by atoms with Gasteiger partial charge in [0.05, 0.1) is 37.4 Å². The minimum Gasteiger partial charge on any atom is -0.466 e. The van der Waals surface area contributed by atoms with Crippen molar-refractivity contribution < 1.29 is 23.8 Å². The van der Waals surface area contributed by atoms with E-state index in [0.717, 1.165) is 17.6 Å². The van der Waals surface area contributed by atoms with Crippen LogP contribution >= 0.6 is 0 Å². The number of benzene rings is 1. The van der Waals surface area contributed by atoms with Gasteiger partial charge in [-0.05, 0) is 44.4 Å². The first-order chi connectivity index (χ1) is 12.4. The molecule has 0 aliphatic carbocycles. The third-order valence-electron chi connectivity index (χ3n) is 4.93. The Bertz CT molecular complexity index is 649. The van der Waals surface area contributed by atoms with E-state index < -0.39 is 0 Å². The molecule has 0 amide bonds. The van der Waals surface area contributed by atoms with E-state index in [9.17, 15) is 9.59 Å². The fourth-order valence-corrected chi connectivity index (χ4v) is 3.50. The Labute approximate surface area is 155 Å². The predicted octanol–water partition coefficient (Wildman–Crippen LogP) is 4.08. The smallest absolute Gasteiger partial charge is 0.337 e. The van der Waals surface area contributed by atoms with E-state index in [1.165, 1.54) is 7.11 Å². The predicted molar refractivity (Wildman–Crippen MR) is 98.7 cm³/mol. The monoisotopic (exact) mass is 360 g/mol. The number of carbonyl (C=O) groups excluding carboxylic acids is 2. The van der Waals surface area contributed by atoms with Crippen LogP contribution in [0, 0.1) is 11.8 Å². The van der Waals surface area contributed by atoms with Gasteiger partial charge in [-0.1, -0.05) is 31.2 Å². The molecule has 1 aliphatic rings. The Morgan fingerprint density at radius 2 is 1.85 bits per heavy atom. The highest BCUT2D eigenvalue weighted by Gasteiger charge is 2.42. The molecule has 26 heavy (non-hydrogen) atoms. The topological polar surface area (TPSA) is 61.8 Å². The number of methoxy groups -OCH3 is 1. The van der Waals surface area contributed by atoms with Crippen LogP contribution < -0.4 is 0 Å². The molecule has 0 saturated carbocycles. The lowest BCUT2D eigenvalue weighted by Crippen LogP contribution is -2.41. The Balaban J connectivity index is 2.28. The molecule has 0 unspecified atom stereocenters. The van der Waals surface area contributed by atoms with Crippen LogP contribution in [0.15, 0.2) is 36.4 Å². The molecule has 1 heterocycles. The summed E-state index contributed by atoms with van der Waals surface area (Å²) in [5.41, 5.74) is 2.43. The third kappa shape index (κ3) is 4.33. The summed E-state index contributed by atoms with van der Waals surface area (Å²) >= 11 is 0. The van der Waals surface area contributed by atoms with Crippen molar-refractivity contribution in [2.75, 3.05) is 13.7 Å². The van der Waals surface area contributed by atoms with Crippen molar-refractivity contribution in [3.8, 4) is 0 Å². The van der Waals surface area contributed by atoms with Crippen LogP contribution in [0.25, 0.3) is 0 Å². The second-order valence-electron chi connectivity index (χ2n) is 6.66. The second-order valence-corrected chi connectivity index (χ2v) is 6.66. The van der Waals surface area contributed by atoms with Crippen LogP contribution in [0.1, 0.15) is 55.6 Å². The van der Waals surface area contributed by atoms with Crippen LogP contribution in [0.4, 0.5) is 0 Å². The maximum absolute atomic E-state index is 12.3. The number of hydrogen-bond acceptors (Lipinski definition) is 5. The summed E-state index contributed by atoms with van der Waals surface area (Å²) in [5.74, 6) is -0.847. The summed E-state index contributed by atoms with van der Waals surface area (Å²) in [7, 11) is 1.36. The van der Waals surface area contributed by atoms with E-state index in [0.29, 0.717) is 18.6 Å². The lowest BCUT2D eigenvalue weighted by atomic mass is 9.77. The number of rotatable bonds is 6. The maximum Gasteiger partial charge on any atom is 0.337 e. The fraction of sp³-hybridized carbons (Fsp3) is 0.524. The molecule has 1 aliphatic heterocycles. The van der Waals surface area contributed by atoms with Gasteiger partial charge in [-0.25, -0.2) is 4.79 Å². The second kappa shape index (κ2) is 8.99. The first-order valence-corrected chi connectivity index (χ1v) is 9.08. The highest BCUT2D eigenvalue weighted by molar-refractivity contribution is 5.89. The average molecular weight is 360 g/mol. The van der Waals surface area contributed by atoms with E-state index in [2.05, 4.69) is 6.58 Å². The molecule has 5 nitrogen and oxygen atoms in total. The number of carbonyl (C=O) groups is 2. The van der Waals surface area contributed by atoms with E-state index in [1.807, 2.05) is 32.9 Å². The van der Waals surface area contributed by atoms with Gasteiger partial charge in [0.2, 0.25) is 0 Å². The molecule has 1 aromatic carbocycles. The first-order valence-electron chi connectivity index (χ1n) is 9.08. The van der Waals surface area contributed by atoms with Crippen molar-refractivity contribution in [2.45, 2.75) is 45.8 Å². The molecule has 142 valence electrons. The Hall–Kier alpha value is -2.14. The van der Waals surface area contributed by atoms with Gasteiger partial charge in [0, 0.05) is 5.92 Å². The van der Waals surface area contributed by atoms with Gasteiger partial charge in [-0.15, -0.1) is 0 Å². The van der Waals surface area contributed by atoms with Gasteiger partial charge in [0.1, 0.15) is 0 Å². The van der Waals surface area contributed by atoms with E-state index >= 15 is 0 Å². The van der Waals surface area contributed by atoms with Gasteiger partial charge in [0.25, 0.3) is 0 Å². The molecule has 0 bridgehead atoms. The largest absolute Gasteiger partial charge is 0.466 e. The fourth-order valence-electron chi connectivity index (χ4n) is 3.50. The SMILES string of the molecule is C=C(C)[C@@H]1C[C@H](C(=O)OCC)[C@@H](CC)O[C@H]1c1ccc(C(=O)OC)cc1. The minimum atomic E-state index is -0.369. The molecular weight excluding hydrogens is 332 g/mol. The quantitative estimate of drug-likeness (QED) is 0.565. The van der Waals surface area contributed by atoms with Gasteiger partial charge in [-0.3, -0.25) is 4.79 Å². The zero-order chi connectivity index (χ0) is 19.3. The molecular formula is C21H28O5. The number of ether oxygens (including phenoxy) is 3. The molecule has 4 atom stereocenters. The molecule has 0 aromatic heterocycles. The van der Waals surface area contributed by atoms with Crippen LogP contribution in [-0.2, 0) is 19.0 Å². The minimum absolute atomic E-state index is 0.0104. The summed E-state index contributed by atoms with van der Waals surface area (Å²) in [6.07, 6.45) is 0.976. The van der Waals surface area contributed by atoms with Crippen molar-refractivity contribution in [1.29, 1.82) is 0 Å². The Morgan fingerprint density at radius 3 is 2.35 bits per heavy atom. The Morgan fingerprint density at radius 1 is 1.19 bits per heavy atom. The normalized spacial score (nSPS) is 25.4. The van der Waals surface area contributed by atoms with Crippen molar-refractivity contribution in [1.82, 2.24) is 0 Å². The highest BCUT2D eigenvalue weighted by atomic mass is 16.5. The van der Waals surface area contributed by atoms with Gasteiger partial charge < -0.3 is 14.2 Å². The van der Waals surface area contributed by atoms with Gasteiger partial charge in [0.15, 0.2) is 0 Å². The molecule has 0 spiro atoms. The van der Waals surface area contributed by atoms with E-state index in [4.69, 9.17) is 14.2 Å². The van der Waals surface area contributed by atoms with E-state index in [1.54, 1.807) is 12.1 Å². The van der Waals surface area contributed by atoms with Crippen molar-refractivity contribution in [2.24, 2.45) is 11.8 Å². The van der Waals surface area contributed by atoms with Crippen LogP contribution in [0.3, 0.4) is 0 Å². The molecule has 2 rings (SSSR count). The zero-order valence-electron chi connectivity index (χ0n) is 16.0. The zero-order valence-corrected chi connectivity index (χ0v) is 16.0. The third-order valence-corrected chi connectivity index (χ3v) is 4.93. The van der Waals surface area contributed by atoms with Crippen LogP contribution in [-0.4, -0.2) is 31.8 Å². The van der Waals surface area contributed by atoms with Gasteiger partial charge >= 0.3 is 11.9 Å². The molecule has 0 radical (unpaired) electrons. The average Bonchev–Trinajstić information content (AvgIpc) is 2.66. The lowest BCUT2D eigenvalue weighted by Gasteiger charge is -2.41. The summed E-state index contributed by atoms with van der Waals surface area (Å²) in [4.78, 5) is 24.0. The van der Waals surface area contributed by atoms with Crippen molar-refractivity contribution >= 4 is 11.9 Å². The summed E-state index contributed by atoms with van der Waals surface area (Å²) in [6.45, 7) is 10.2. The van der Waals surface area contributed by atoms with Crippen molar-refractivity contribution in [3.05, 3.63) is 47.5 Å². The highest BCUT2D eigenvalue weighted by Crippen LogP contribution is 2.43. The summed E-state index contributed by atoms with van der Waals surface area (Å²) in [5, 5.41) is 0. The first kappa shape index (κ1) is 20.2. The molecule has 5 heteroatoms. The van der Waals surface area contributed by atoms with E-state index in [-0.39, 0.29) is 36.0 Å².